The van der Waals surface area contributed by atoms with E-state index in [1.807, 2.05) is 0 Å². The molecule has 2 fully saturated rings. The predicted octanol–water partition coefficient (Wildman–Crippen LogP) is 2.71. The molecule has 2 nitrogen and oxygen atoms in total. The average molecular weight is 258 g/mol. The Balaban J connectivity index is 0.00000144. The molecule has 0 amide bonds. The van der Waals surface area contributed by atoms with Crippen molar-refractivity contribution in [2.24, 2.45) is 5.41 Å². The van der Waals surface area contributed by atoms with Gasteiger partial charge in [0.05, 0.1) is 12.1 Å². The summed E-state index contributed by atoms with van der Waals surface area (Å²) in [5, 5.41) is 0. The van der Waals surface area contributed by atoms with Crippen LogP contribution in [0.1, 0.15) is 39.5 Å². The number of halogens is 1. The lowest BCUT2D eigenvalue weighted by atomic mass is 9.69. The van der Waals surface area contributed by atoms with Gasteiger partial charge in [0.15, 0.2) is 0 Å². The van der Waals surface area contributed by atoms with Crippen LogP contribution in [0.15, 0.2) is 0 Å². The molecule has 0 aliphatic carbocycles. The third kappa shape index (κ3) is 3.61. The van der Waals surface area contributed by atoms with Gasteiger partial charge in [0.1, 0.15) is 0 Å². The summed E-state index contributed by atoms with van der Waals surface area (Å²) in [5.41, 5.74) is 0.522. The summed E-state index contributed by atoms with van der Waals surface area (Å²) in [6.07, 6.45) is 10.4. The number of hydrogen-bond donors (Lipinski definition) is 0. The second kappa shape index (κ2) is 5.61. The van der Waals surface area contributed by atoms with Crippen molar-refractivity contribution < 1.29 is 4.74 Å². The topological polar surface area (TPSA) is 12.5 Å². The minimum Gasteiger partial charge on any atom is -0.376 e. The predicted molar refractivity (Wildman–Crippen MR) is 73.5 cm³/mol. The van der Waals surface area contributed by atoms with E-state index in [1.54, 1.807) is 0 Å². The molecule has 2 rings (SSSR count). The van der Waals surface area contributed by atoms with Crippen molar-refractivity contribution in [3.05, 3.63) is 0 Å². The summed E-state index contributed by atoms with van der Waals surface area (Å²) < 4.78 is 5.83. The van der Waals surface area contributed by atoms with Gasteiger partial charge in [0, 0.05) is 13.2 Å². The number of ether oxygens (including phenoxy) is 1. The van der Waals surface area contributed by atoms with E-state index in [0.717, 1.165) is 13.2 Å². The number of nitrogens with zero attached hydrogens (tertiary/aromatic N) is 1. The fourth-order valence-corrected chi connectivity index (χ4v) is 3.51. The Hall–Kier alpha value is -0.230. The summed E-state index contributed by atoms with van der Waals surface area (Å²) in [4.78, 5) is 2.44. The first kappa shape index (κ1) is 14.8. The zero-order valence-electron chi connectivity index (χ0n) is 11.0. The molecule has 2 saturated heterocycles. The SMILES string of the molecule is C#CCN1CCCC2(CCOC(C)(C)C2)C1.Cl. The monoisotopic (exact) mass is 257 g/mol. The summed E-state index contributed by atoms with van der Waals surface area (Å²) in [5.74, 6) is 2.77. The molecule has 0 N–H and O–H groups in total. The molecule has 1 unspecified atom stereocenters. The highest BCUT2D eigenvalue weighted by Crippen LogP contribution is 2.44. The van der Waals surface area contributed by atoms with Crippen molar-refractivity contribution in [3.63, 3.8) is 0 Å². The molecule has 2 aliphatic heterocycles. The Labute approximate surface area is 111 Å². The van der Waals surface area contributed by atoms with Crippen molar-refractivity contribution in [2.75, 3.05) is 26.2 Å². The molecule has 0 radical (unpaired) electrons. The second-order valence-corrected chi connectivity index (χ2v) is 6.05. The van der Waals surface area contributed by atoms with E-state index in [2.05, 4.69) is 24.7 Å². The molecule has 2 heterocycles. The van der Waals surface area contributed by atoms with Crippen molar-refractivity contribution in [3.8, 4) is 12.3 Å². The highest BCUT2D eigenvalue weighted by atomic mass is 35.5. The molecule has 0 aromatic rings. The maximum Gasteiger partial charge on any atom is 0.0632 e. The van der Waals surface area contributed by atoms with Crippen LogP contribution in [0, 0.1) is 17.8 Å². The largest absolute Gasteiger partial charge is 0.376 e. The summed E-state index contributed by atoms with van der Waals surface area (Å²) in [6, 6.07) is 0. The van der Waals surface area contributed by atoms with Gasteiger partial charge in [-0.3, -0.25) is 4.90 Å². The summed E-state index contributed by atoms with van der Waals surface area (Å²) >= 11 is 0. The molecule has 0 saturated carbocycles. The third-order valence-corrected chi connectivity index (χ3v) is 3.98. The van der Waals surface area contributed by atoms with Gasteiger partial charge in [0.25, 0.3) is 0 Å². The minimum atomic E-state index is 0. The second-order valence-electron chi connectivity index (χ2n) is 6.05. The number of hydrogen-bond acceptors (Lipinski definition) is 2. The fourth-order valence-electron chi connectivity index (χ4n) is 3.51. The number of terminal acetylenes is 1. The Morgan fingerprint density at radius 2 is 2.12 bits per heavy atom. The van der Waals surface area contributed by atoms with Crippen LogP contribution in [0.5, 0.6) is 0 Å². The first-order chi connectivity index (χ1) is 7.55. The molecule has 1 spiro atoms. The molecule has 0 aromatic carbocycles. The van der Waals surface area contributed by atoms with Crippen LogP contribution in [-0.4, -0.2) is 36.7 Å². The lowest BCUT2D eigenvalue weighted by Gasteiger charge is -2.49. The molecule has 17 heavy (non-hydrogen) atoms. The highest BCUT2D eigenvalue weighted by molar-refractivity contribution is 5.85. The number of likely N-dealkylation sites (tertiary alicyclic amines) is 1. The zero-order valence-corrected chi connectivity index (χ0v) is 11.8. The van der Waals surface area contributed by atoms with Crippen molar-refractivity contribution in [1.29, 1.82) is 0 Å². The standard InChI is InChI=1S/C14H23NO.ClH/c1-4-8-15-9-5-6-14(12-15)7-10-16-13(2,3)11-14;/h1H,5-12H2,2-3H3;1H. The van der Waals surface area contributed by atoms with E-state index in [0.29, 0.717) is 5.41 Å². The quantitative estimate of drug-likeness (QED) is 0.670. The van der Waals surface area contributed by atoms with Crippen LogP contribution < -0.4 is 0 Å². The maximum atomic E-state index is 5.83. The lowest BCUT2D eigenvalue weighted by Crippen LogP contribution is -2.50. The van der Waals surface area contributed by atoms with Gasteiger partial charge in [-0.1, -0.05) is 5.92 Å². The van der Waals surface area contributed by atoms with E-state index in [9.17, 15) is 0 Å². The van der Waals surface area contributed by atoms with E-state index in [-0.39, 0.29) is 18.0 Å². The average Bonchev–Trinajstić information content (AvgIpc) is 2.16. The molecule has 2 aliphatic rings. The number of rotatable bonds is 1. The van der Waals surface area contributed by atoms with Crippen LogP contribution in [0.3, 0.4) is 0 Å². The van der Waals surface area contributed by atoms with Crippen molar-refractivity contribution in [2.45, 2.75) is 45.1 Å². The normalized spacial score (nSPS) is 32.8. The van der Waals surface area contributed by atoms with Crippen molar-refractivity contribution >= 4 is 12.4 Å². The van der Waals surface area contributed by atoms with Gasteiger partial charge < -0.3 is 4.74 Å². The molecular formula is C14H24ClNO. The summed E-state index contributed by atoms with van der Waals surface area (Å²) in [6.45, 7) is 8.50. The van der Waals surface area contributed by atoms with Gasteiger partial charge >= 0.3 is 0 Å². The van der Waals surface area contributed by atoms with E-state index in [1.165, 1.54) is 38.8 Å². The first-order valence-corrected chi connectivity index (χ1v) is 6.35. The van der Waals surface area contributed by atoms with Crippen LogP contribution in [-0.2, 0) is 4.74 Å². The Morgan fingerprint density at radius 1 is 1.35 bits per heavy atom. The van der Waals surface area contributed by atoms with E-state index in [4.69, 9.17) is 11.2 Å². The third-order valence-electron chi connectivity index (χ3n) is 3.98. The van der Waals surface area contributed by atoms with Crippen LogP contribution in [0.4, 0.5) is 0 Å². The molecule has 1 atom stereocenters. The van der Waals surface area contributed by atoms with Crippen molar-refractivity contribution in [1.82, 2.24) is 4.90 Å². The van der Waals surface area contributed by atoms with E-state index < -0.39 is 0 Å². The van der Waals surface area contributed by atoms with Gasteiger partial charge in [-0.25, -0.2) is 0 Å². The Kier molecular flexibility index (Phi) is 4.89. The molecular weight excluding hydrogens is 234 g/mol. The molecule has 0 bridgehead atoms. The molecule has 98 valence electrons. The van der Waals surface area contributed by atoms with Gasteiger partial charge in [-0.15, -0.1) is 18.8 Å². The smallest absolute Gasteiger partial charge is 0.0632 e. The maximum absolute atomic E-state index is 5.83. The lowest BCUT2D eigenvalue weighted by molar-refractivity contribution is -0.121. The van der Waals surface area contributed by atoms with Crippen LogP contribution >= 0.6 is 12.4 Å². The molecule has 0 aromatic heterocycles. The number of piperidine rings is 1. The van der Waals surface area contributed by atoms with Crippen LogP contribution in [0.2, 0.25) is 0 Å². The Morgan fingerprint density at radius 3 is 2.76 bits per heavy atom. The zero-order chi connectivity index (χ0) is 11.6. The van der Waals surface area contributed by atoms with Crippen LogP contribution in [0.25, 0.3) is 0 Å². The van der Waals surface area contributed by atoms with Gasteiger partial charge in [-0.05, 0) is 51.5 Å². The van der Waals surface area contributed by atoms with Gasteiger partial charge in [0.2, 0.25) is 0 Å². The Bertz CT molecular complexity index is 293. The van der Waals surface area contributed by atoms with Gasteiger partial charge in [-0.2, -0.15) is 0 Å². The fraction of sp³-hybridized carbons (Fsp3) is 0.857. The van der Waals surface area contributed by atoms with E-state index >= 15 is 0 Å². The highest BCUT2D eigenvalue weighted by Gasteiger charge is 2.42. The first-order valence-electron chi connectivity index (χ1n) is 6.35. The summed E-state index contributed by atoms with van der Waals surface area (Å²) in [7, 11) is 0. The molecule has 3 heteroatoms. The minimum absolute atomic E-state index is 0.